The van der Waals surface area contributed by atoms with Crippen LogP contribution in [0, 0.1) is 0 Å². The Kier molecular flexibility index (Phi) is 4.22. The lowest BCUT2D eigenvalue weighted by Gasteiger charge is -2.32. The van der Waals surface area contributed by atoms with Crippen LogP contribution in [0.2, 0.25) is 0 Å². The zero-order chi connectivity index (χ0) is 12.4. The molecule has 0 radical (unpaired) electrons. The van der Waals surface area contributed by atoms with Gasteiger partial charge in [0.25, 0.3) is 0 Å². The summed E-state index contributed by atoms with van der Waals surface area (Å²) in [5, 5.41) is 17.3. The lowest BCUT2D eigenvalue weighted by molar-refractivity contribution is 0.0616. The Morgan fingerprint density at radius 2 is 2.18 bits per heavy atom. The maximum absolute atomic E-state index is 9.25. The zero-order valence-corrected chi connectivity index (χ0v) is 12.0. The molecule has 0 bridgehead atoms. The van der Waals surface area contributed by atoms with E-state index in [2.05, 4.69) is 40.2 Å². The van der Waals surface area contributed by atoms with Crippen LogP contribution >= 0.6 is 15.9 Å². The largest absolute Gasteiger partial charge is 0.393 e. The molecule has 4 nitrogen and oxygen atoms in total. The normalized spacial score (nSPS) is 23.8. The number of aromatic nitrogens is 2. The maximum Gasteiger partial charge on any atom is 0.0767 e. The van der Waals surface area contributed by atoms with Gasteiger partial charge in [0.2, 0.25) is 0 Å². The Balaban J connectivity index is 2.01. The number of aliphatic hydroxyl groups excluding tert-OH is 1. The van der Waals surface area contributed by atoms with Crippen molar-refractivity contribution in [3.63, 3.8) is 0 Å². The van der Waals surface area contributed by atoms with Crippen LogP contribution in [-0.2, 0) is 19.5 Å². The van der Waals surface area contributed by atoms with E-state index in [4.69, 9.17) is 0 Å². The third kappa shape index (κ3) is 2.72. The second-order valence-electron chi connectivity index (χ2n) is 4.58. The molecule has 5 heteroatoms. The first kappa shape index (κ1) is 13.1. The fourth-order valence-electron chi connectivity index (χ4n) is 2.18. The predicted molar refractivity (Wildman–Crippen MR) is 70.8 cm³/mol. The number of nitrogens with one attached hydrogen (secondary N) is 1. The maximum atomic E-state index is 9.25. The van der Waals surface area contributed by atoms with Gasteiger partial charge in [-0.25, -0.2) is 0 Å². The van der Waals surface area contributed by atoms with Crippen LogP contribution in [0.4, 0.5) is 0 Å². The highest BCUT2D eigenvalue weighted by Crippen LogP contribution is 2.24. The van der Waals surface area contributed by atoms with Crippen LogP contribution in [0.25, 0.3) is 0 Å². The van der Waals surface area contributed by atoms with Crippen molar-refractivity contribution in [1.29, 1.82) is 0 Å². The van der Waals surface area contributed by atoms with Crippen LogP contribution in [0.5, 0.6) is 0 Å². The average Bonchev–Trinajstić information content (AvgIpc) is 2.59. The van der Waals surface area contributed by atoms with Gasteiger partial charge in [-0.2, -0.15) is 5.10 Å². The quantitative estimate of drug-likeness (QED) is 0.872. The molecule has 1 fully saturated rings. The van der Waals surface area contributed by atoms with Gasteiger partial charge in [0.05, 0.1) is 22.0 Å². The fourth-order valence-corrected chi connectivity index (χ4v) is 2.89. The highest BCUT2D eigenvalue weighted by Gasteiger charge is 2.27. The van der Waals surface area contributed by atoms with E-state index in [0.29, 0.717) is 6.04 Å². The summed E-state index contributed by atoms with van der Waals surface area (Å²) in [4.78, 5) is 0. The van der Waals surface area contributed by atoms with E-state index in [-0.39, 0.29) is 6.10 Å². The fraction of sp³-hybridized carbons (Fsp3) is 0.750. The highest BCUT2D eigenvalue weighted by molar-refractivity contribution is 9.10. The van der Waals surface area contributed by atoms with Crippen LogP contribution in [0.1, 0.15) is 38.1 Å². The Morgan fingerprint density at radius 1 is 1.47 bits per heavy atom. The summed E-state index contributed by atoms with van der Waals surface area (Å²) in [5.74, 6) is 0. The van der Waals surface area contributed by atoms with Gasteiger partial charge in [-0.1, -0.05) is 6.92 Å². The average molecular weight is 302 g/mol. The summed E-state index contributed by atoms with van der Waals surface area (Å²) < 4.78 is 3.18. The van der Waals surface area contributed by atoms with Gasteiger partial charge in [-0.15, -0.1) is 0 Å². The zero-order valence-electron chi connectivity index (χ0n) is 10.4. The number of hydrogen-bond acceptors (Lipinski definition) is 3. The number of hydrogen-bond donors (Lipinski definition) is 2. The molecule has 1 aliphatic rings. The predicted octanol–water partition coefficient (Wildman–Crippen LogP) is 1.84. The topological polar surface area (TPSA) is 50.1 Å². The first-order valence-electron chi connectivity index (χ1n) is 6.31. The van der Waals surface area contributed by atoms with Gasteiger partial charge >= 0.3 is 0 Å². The van der Waals surface area contributed by atoms with Crippen LogP contribution < -0.4 is 5.32 Å². The van der Waals surface area contributed by atoms with Crippen molar-refractivity contribution in [1.82, 2.24) is 15.1 Å². The van der Waals surface area contributed by atoms with Crippen LogP contribution in [0.3, 0.4) is 0 Å². The molecular formula is C12H20BrN3O. The molecule has 0 aromatic carbocycles. The molecule has 1 aromatic heterocycles. The molecule has 0 unspecified atom stereocenters. The molecule has 96 valence electrons. The molecule has 0 saturated heterocycles. The lowest BCUT2D eigenvalue weighted by atomic mass is 9.89. The van der Waals surface area contributed by atoms with Crippen molar-refractivity contribution >= 4 is 15.9 Å². The third-order valence-electron chi connectivity index (χ3n) is 3.37. The van der Waals surface area contributed by atoms with E-state index in [1.165, 1.54) is 5.69 Å². The monoisotopic (exact) mass is 301 g/mol. The van der Waals surface area contributed by atoms with E-state index < -0.39 is 0 Å². The lowest BCUT2D eigenvalue weighted by Crippen LogP contribution is -2.44. The Labute approximate surface area is 111 Å². The summed E-state index contributed by atoms with van der Waals surface area (Å²) in [5.41, 5.74) is 2.34. The van der Waals surface area contributed by atoms with Crippen LogP contribution in [0.15, 0.2) is 4.47 Å². The second kappa shape index (κ2) is 5.50. The van der Waals surface area contributed by atoms with Gasteiger partial charge in [-0.05, 0) is 42.1 Å². The van der Waals surface area contributed by atoms with Gasteiger partial charge in [0.15, 0.2) is 0 Å². The van der Waals surface area contributed by atoms with E-state index >= 15 is 0 Å². The summed E-state index contributed by atoms with van der Waals surface area (Å²) in [7, 11) is 0. The minimum atomic E-state index is -0.0989. The van der Waals surface area contributed by atoms with Crippen molar-refractivity contribution < 1.29 is 5.11 Å². The molecule has 1 aromatic rings. The first-order valence-corrected chi connectivity index (χ1v) is 7.10. The number of aryl methyl sites for hydroxylation is 2. The van der Waals surface area contributed by atoms with Crippen molar-refractivity contribution in [3.8, 4) is 0 Å². The van der Waals surface area contributed by atoms with E-state index in [1.807, 2.05) is 4.68 Å². The number of halogens is 1. The Bertz CT molecular complexity index is 385. The number of aliphatic hydroxyl groups is 1. The molecule has 17 heavy (non-hydrogen) atoms. The van der Waals surface area contributed by atoms with E-state index in [1.54, 1.807) is 0 Å². The summed E-state index contributed by atoms with van der Waals surface area (Å²) >= 11 is 3.63. The van der Waals surface area contributed by atoms with Gasteiger partial charge in [0.1, 0.15) is 0 Å². The molecule has 0 atom stereocenters. The molecule has 1 aliphatic carbocycles. The van der Waals surface area contributed by atoms with E-state index in [0.717, 1.165) is 42.5 Å². The van der Waals surface area contributed by atoms with Gasteiger partial charge in [-0.3, -0.25) is 4.68 Å². The van der Waals surface area contributed by atoms with Crippen LogP contribution in [-0.4, -0.2) is 27.0 Å². The molecule has 0 amide bonds. The smallest absolute Gasteiger partial charge is 0.0767 e. The van der Waals surface area contributed by atoms with Crippen molar-refractivity contribution in [3.05, 3.63) is 15.9 Å². The molecule has 1 saturated carbocycles. The highest BCUT2D eigenvalue weighted by atomic mass is 79.9. The molecule has 0 spiro atoms. The number of rotatable bonds is 5. The summed E-state index contributed by atoms with van der Waals surface area (Å²) in [6.45, 7) is 5.93. The van der Waals surface area contributed by atoms with Gasteiger partial charge < -0.3 is 10.4 Å². The van der Waals surface area contributed by atoms with Crippen molar-refractivity contribution in [2.75, 3.05) is 0 Å². The molecular weight excluding hydrogens is 282 g/mol. The molecule has 0 aliphatic heterocycles. The third-order valence-corrected chi connectivity index (χ3v) is 4.28. The van der Waals surface area contributed by atoms with Gasteiger partial charge in [0, 0.05) is 19.1 Å². The van der Waals surface area contributed by atoms with Crippen molar-refractivity contribution in [2.24, 2.45) is 0 Å². The Morgan fingerprint density at radius 3 is 2.71 bits per heavy atom. The van der Waals surface area contributed by atoms with E-state index in [9.17, 15) is 5.11 Å². The standard InChI is InChI=1S/C12H20BrN3O/c1-3-10-12(13)11(16(4-2)15-10)7-14-8-5-9(17)6-8/h8-9,14,17H,3-7H2,1-2H3. The molecule has 2 N–H and O–H groups in total. The molecule has 2 rings (SSSR count). The Hall–Kier alpha value is -0.390. The summed E-state index contributed by atoms with van der Waals surface area (Å²) in [6, 6.07) is 0.460. The molecule has 1 heterocycles. The second-order valence-corrected chi connectivity index (χ2v) is 5.37. The van der Waals surface area contributed by atoms with Crippen molar-refractivity contribution in [2.45, 2.75) is 58.3 Å². The minimum Gasteiger partial charge on any atom is -0.393 e. The first-order chi connectivity index (χ1) is 8.15. The minimum absolute atomic E-state index is 0.0989. The SMILES string of the molecule is CCc1nn(CC)c(CNC2CC(O)C2)c1Br. The summed E-state index contributed by atoms with van der Waals surface area (Å²) in [6.07, 6.45) is 2.60. The number of nitrogens with zero attached hydrogens (tertiary/aromatic N) is 2.